The van der Waals surface area contributed by atoms with E-state index in [2.05, 4.69) is 21.6 Å². The summed E-state index contributed by atoms with van der Waals surface area (Å²) in [6.07, 6.45) is 1.97. The van der Waals surface area contributed by atoms with Gasteiger partial charge in [0.15, 0.2) is 5.65 Å². The van der Waals surface area contributed by atoms with Gasteiger partial charge in [0.05, 0.1) is 12.3 Å². The van der Waals surface area contributed by atoms with Crippen molar-refractivity contribution in [2.75, 3.05) is 18.9 Å². The lowest BCUT2D eigenvalue weighted by Gasteiger charge is -2.11. The third-order valence-electron chi connectivity index (χ3n) is 3.62. The Kier molecular flexibility index (Phi) is 2.74. The molecule has 2 N–H and O–H groups in total. The van der Waals surface area contributed by atoms with Crippen molar-refractivity contribution < 1.29 is 4.74 Å². The van der Waals surface area contributed by atoms with Crippen LogP contribution in [-0.2, 0) is 24.8 Å². The number of anilines is 1. The highest BCUT2D eigenvalue weighted by atomic mass is 16.5. The van der Waals surface area contributed by atoms with E-state index in [0.717, 1.165) is 49.5 Å². The number of imidazole rings is 1. The lowest BCUT2D eigenvalue weighted by atomic mass is 10.1. The van der Waals surface area contributed by atoms with Crippen LogP contribution in [0.25, 0.3) is 11.2 Å². The van der Waals surface area contributed by atoms with Gasteiger partial charge in [0.25, 0.3) is 0 Å². The standard InChI is InChI=1S/C12H19N5O/c1-3-9-10-11(16(2)15-9)17(12(13)14-10)6-8-4-5-18-7-8/h8H,3-7H2,1-2H3,(H2,13,14). The molecule has 1 aliphatic heterocycles. The molecule has 0 saturated carbocycles. The fourth-order valence-electron chi connectivity index (χ4n) is 2.66. The number of nitrogens with two attached hydrogens (primary N) is 1. The number of ether oxygens (including phenoxy) is 1. The molecule has 1 saturated heterocycles. The summed E-state index contributed by atoms with van der Waals surface area (Å²) in [5.41, 5.74) is 9.02. The zero-order valence-electron chi connectivity index (χ0n) is 10.9. The van der Waals surface area contributed by atoms with E-state index >= 15 is 0 Å². The van der Waals surface area contributed by atoms with Crippen LogP contribution in [0.4, 0.5) is 5.95 Å². The van der Waals surface area contributed by atoms with Crippen LogP contribution in [-0.4, -0.2) is 32.5 Å². The third kappa shape index (κ3) is 1.68. The van der Waals surface area contributed by atoms with Crippen molar-refractivity contribution >= 4 is 17.1 Å². The lowest BCUT2D eigenvalue weighted by Crippen LogP contribution is -2.14. The molecule has 98 valence electrons. The summed E-state index contributed by atoms with van der Waals surface area (Å²) in [5, 5.41) is 4.49. The van der Waals surface area contributed by atoms with Crippen LogP contribution in [0.3, 0.4) is 0 Å². The summed E-state index contributed by atoms with van der Waals surface area (Å²) < 4.78 is 9.37. The molecule has 1 atom stereocenters. The summed E-state index contributed by atoms with van der Waals surface area (Å²) in [4.78, 5) is 4.46. The first-order chi connectivity index (χ1) is 8.70. The molecule has 0 amide bonds. The van der Waals surface area contributed by atoms with Gasteiger partial charge in [-0.05, 0) is 12.8 Å². The van der Waals surface area contributed by atoms with E-state index in [1.165, 1.54) is 0 Å². The predicted molar refractivity (Wildman–Crippen MR) is 69.2 cm³/mol. The molecule has 3 heterocycles. The minimum atomic E-state index is 0.532. The average molecular weight is 249 g/mol. The first-order valence-electron chi connectivity index (χ1n) is 6.46. The van der Waals surface area contributed by atoms with Crippen LogP contribution in [0, 0.1) is 5.92 Å². The van der Waals surface area contributed by atoms with Crippen molar-refractivity contribution in [3.8, 4) is 0 Å². The van der Waals surface area contributed by atoms with Crippen molar-refractivity contribution in [2.45, 2.75) is 26.3 Å². The molecular weight excluding hydrogens is 230 g/mol. The Bertz CT molecular complexity index is 565. The Labute approximate surface area is 106 Å². The second-order valence-electron chi connectivity index (χ2n) is 4.91. The van der Waals surface area contributed by atoms with Crippen LogP contribution in [0.2, 0.25) is 0 Å². The van der Waals surface area contributed by atoms with Crippen molar-refractivity contribution in [2.24, 2.45) is 13.0 Å². The summed E-state index contributed by atoms with van der Waals surface area (Å²) in [6, 6.07) is 0. The molecule has 0 aromatic carbocycles. The van der Waals surface area contributed by atoms with Crippen molar-refractivity contribution in [1.29, 1.82) is 0 Å². The van der Waals surface area contributed by atoms with Crippen LogP contribution in [0.5, 0.6) is 0 Å². The van der Waals surface area contributed by atoms with Gasteiger partial charge in [-0.15, -0.1) is 0 Å². The van der Waals surface area contributed by atoms with E-state index < -0.39 is 0 Å². The Morgan fingerprint density at radius 2 is 2.33 bits per heavy atom. The molecule has 6 nitrogen and oxygen atoms in total. The maximum absolute atomic E-state index is 6.04. The molecule has 3 rings (SSSR count). The summed E-state index contributed by atoms with van der Waals surface area (Å²) in [5.74, 6) is 1.12. The van der Waals surface area contributed by atoms with E-state index in [1.807, 2.05) is 11.7 Å². The van der Waals surface area contributed by atoms with E-state index in [1.54, 1.807) is 0 Å². The molecular formula is C12H19N5O. The molecule has 6 heteroatoms. The van der Waals surface area contributed by atoms with Gasteiger partial charge in [-0.1, -0.05) is 6.92 Å². The van der Waals surface area contributed by atoms with E-state index in [-0.39, 0.29) is 0 Å². The molecule has 1 aliphatic rings. The molecule has 0 spiro atoms. The third-order valence-corrected chi connectivity index (χ3v) is 3.62. The number of hydrogen-bond acceptors (Lipinski definition) is 4. The largest absolute Gasteiger partial charge is 0.381 e. The van der Waals surface area contributed by atoms with E-state index in [4.69, 9.17) is 10.5 Å². The summed E-state index contributed by atoms with van der Waals surface area (Å²) in [6.45, 7) is 4.62. The van der Waals surface area contributed by atoms with Gasteiger partial charge in [0, 0.05) is 26.1 Å². The smallest absolute Gasteiger partial charge is 0.202 e. The average Bonchev–Trinajstić information content (AvgIpc) is 3.01. The maximum Gasteiger partial charge on any atom is 0.202 e. The van der Waals surface area contributed by atoms with Gasteiger partial charge in [0.1, 0.15) is 5.52 Å². The Balaban J connectivity index is 2.04. The Hall–Kier alpha value is -1.56. The first kappa shape index (κ1) is 11.5. The number of rotatable bonds is 3. The van der Waals surface area contributed by atoms with Gasteiger partial charge in [0.2, 0.25) is 5.95 Å². The molecule has 0 radical (unpaired) electrons. The molecule has 18 heavy (non-hydrogen) atoms. The highest BCUT2D eigenvalue weighted by Gasteiger charge is 2.22. The molecule has 2 aromatic rings. The van der Waals surface area contributed by atoms with Crippen LogP contribution in [0.15, 0.2) is 0 Å². The van der Waals surface area contributed by atoms with Crippen molar-refractivity contribution in [1.82, 2.24) is 19.3 Å². The topological polar surface area (TPSA) is 70.9 Å². The SMILES string of the molecule is CCc1nn(C)c2c1nc(N)n2CC1CCOC1. The summed E-state index contributed by atoms with van der Waals surface area (Å²) >= 11 is 0. The minimum absolute atomic E-state index is 0.532. The monoisotopic (exact) mass is 249 g/mol. The fourth-order valence-corrected chi connectivity index (χ4v) is 2.66. The van der Waals surface area contributed by atoms with E-state index in [0.29, 0.717) is 11.9 Å². The number of nitrogens with zero attached hydrogens (tertiary/aromatic N) is 4. The molecule has 0 bridgehead atoms. The molecule has 1 fully saturated rings. The van der Waals surface area contributed by atoms with E-state index in [9.17, 15) is 0 Å². The summed E-state index contributed by atoms with van der Waals surface area (Å²) in [7, 11) is 1.95. The highest BCUT2D eigenvalue weighted by Crippen LogP contribution is 2.24. The maximum atomic E-state index is 6.04. The van der Waals surface area contributed by atoms with Crippen molar-refractivity contribution in [3.05, 3.63) is 5.69 Å². The second kappa shape index (κ2) is 4.28. The van der Waals surface area contributed by atoms with Crippen LogP contribution < -0.4 is 5.73 Å². The number of nitrogen functional groups attached to an aromatic ring is 1. The predicted octanol–water partition coefficient (Wildman–Crippen LogP) is 0.951. The minimum Gasteiger partial charge on any atom is -0.381 e. The number of aromatic nitrogens is 4. The zero-order chi connectivity index (χ0) is 12.7. The van der Waals surface area contributed by atoms with Gasteiger partial charge in [-0.3, -0.25) is 9.25 Å². The van der Waals surface area contributed by atoms with Gasteiger partial charge < -0.3 is 10.5 Å². The van der Waals surface area contributed by atoms with Crippen LogP contribution >= 0.6 is 0 Å². The molecule has 0 aliphatic carbocycles. The molecule has 2 aromatic heterocycles. The Morgan fingerprint density at radius 3 is 3.00 bits per heavy atom. The van der Waals surface area contributed by atoms with Crippen LogP contribution in [0.1, 0.15) is 19.0 Å². The fraction of sp³-hybridized carbons (Fsp3) is 0.667. The quantitative estimate of drug-likeness (QED) is 0.879. The first-order valence-corrected chi connectivity index (χ1v) is 6.46. The number of fused-ring (bicyclic) bond motifs is 1. The number of aryl methyl sites for hydroxylation is 2. The highest BCUT2D eigenvalue weighted by molar-refractivity contribution is 5.77. The van der Waals surface area contributed by atoms with Crippen molar-refractivity contribution in [3.63, 3.8) is 0 Å². The molecule has 1 unspecified atom stereocenters. The second-order valence-corrected chi connectivity index (χ2v) is 4.91. The van der Waals surface area contributed by atoms with Gasteiger partial charge in [-0.25, -0.2) is 4.98 Å². The zero-order valence-corrected chi connectivity index (χ0v) is 10.9. The van der Waals surface area contributed by atoms with Gasteiger partial charge >= 0.3 is 0 Å². The van der Waals surface area contributed by atoms with Gasteiger partial charge in [-0.2, -0.15) is 5.10 Å². The lowest BCUT2D eigenvalue weighted by molar-refractivity contribution is 0.183. The normalized spacial score (nSPS) is 20.0. The Morgan fingerprint density at radius 1 is 1.50 bits per heavy atom. The number of hydrogen-bond donors (Lipinski definition) is 1.